The van der Waals surface area contributed by atoms with Crippen LogP contribution in [0.2, 0.25) is 0 Å². The van der Waals surface area contributed by atoms with E-state index in [0.29, 0.717) is 6.42 Å². The van der Waals surface area contributed by atoms with Gasteiger partial charge >= 0.3 is 11.4 Å². The van der Waals surface area contributed by atoms with Crippen LogP contribution in [0, 0.1) is 20.2 Å². The molecule has 0 fully saturated rings. The average molecular weight is 398 g/mol. The number of benzene rings is 1. The lowest BCUT2D eigenvalue weighted by molar-refractivity contribution is -0.391. The first kappa shape index (κ1) is 14.0. The van der Waals surface area contributed by atoms with Gasteiger partial charge in [0.25, 0.3) is 0 Å². The molecular weight excluding hydrogens is 392 g/mol. The Morgan fingerprint density at radius 1 is 0.895 bits per heavy atom. The van der Waals surface area contributed by atoms with E-state index in [2.05, 4.69) is 31.9 Å². The molecule has 0 amide bonds. The summed E-state index contributed by atoms with van der Waals surface area (Å²) in [6.45, 7) is 0.387. The highest BCUT2D eigenvalue weighted by molar-refractivity contribution is 9.13. The minimum atomic E-state index is -0.675. The molecule has 102 valence electrons. The van der Waals surface area contributed by atoms with Gasteiger partial charge in [0.15, 0.2) is 0 Å². The molecule has 2 rings (SSSR count). The third-order valence-corrected chi connectivity index (χ3v) is 4.47. The second kappa shape index (κ2) is 5.29. The minimum Gasteiger partial charge on any atom is -0.484 e. The fourth-order valence-corrected chi connectivity index (χ4v) is 2.65. The molecule has 1 heterocycles. The summed E-state index contributed by atoms with van der Waals surface area (Å²) >= 11 is 5.95. The lowest BCUT2D eigenvalue weighted by Crippen LogP contribution is -2.03. The monoisotopic (exact) mass is 396 g/mol. The van der Waals surface area contributed by atoms with E-state index < -0.39 is 21.2 Å². The van der Waals surface area contributed by atoms with Gasteiger partial charge in [0.1, 0.15) is 8.95 Å². The molecule has 19 heavy (non-hydrogen) atoms. The number of hydrogen-bond donors (Lipinski definition) is 0. The maximum absolute atomic E-state index is 11.1. The molecule has 0 saturated heterocycles. The van der Waals surface area contributed by atoms with Crippen LogP contribution in [0.5, 0.6) is 11.5 Å². The molecule has 1 aliphatic rings. The molecule has 1 aromatic rings. The van der Waals surface area contributed by atoms with Crippen LogP contribution in [0.3, 0.4) is 0 Å². The van der Waals surface area contributed by atoms with Crippen LogP contribution < -0.4 is 9.47 Å². The third-order valence-electron chi connectivity index (χ3n) is 2.39. The van der Waals surface area contributed by atoms with Gasteiger partial charge in [-0.15, -0.1) is 0 Å². The van der Waals surface area contributed by atoms with E-state index in [9.17, 15) is 20.2 Å². The number of fused-ring (bicyclic) bond motifs is 1. The minimum absolute atomic E-state index is 0.0477. The van der Waals surface area contributed by atoms with Crippen LogP contribution >= 0.6 is 31.9 Å². The maximum atomic E-state index is 11.1. The predicted octanol–water partition coefficient (Wildman–Crippen LogP) is 3.19. The first-order chi connectivity index (χ1) is 8.95. The largest absolute Gasteiger partial charge is 0.484 e. The van der Waals surface area contributed by atoms with Crippen LogP contribution in [0.4, 0.5) is 11.4 Å². The van der Waals surface area contributed by atoms with E-state index in [-0.39, 0.29) is 33.7 Å². The number of nitro benzene ring substituents is 2. The van der Waals surface area contributed by atoms with Crippen LogP contribution in [0.25, 0.3) is 0 Å². The highest BCUT2D eigenvalue weighted by atomic mass is 79.9. The Morgan fingerprint density at radius 3 is 1.58 bits per heavy atom. The Morgan fingerprint density at radius 2 is 1.26 bits per heavy atom. The molecule has 0 unspecified atom stereocenters. The second-order valence-corrected chi connectivity index (χ2v) is 5.13. The van der Waals surface area contributed by atoms with Crippen molar-refractivity contribution in [3.63, 3.8) is 0 Å². The lowest BCUT2D eigenvalue weighted by Gasteiger charge is -2.10. The quantitative estimate of drug-likeness (QED) is 0.560. The van der Waals surface area contributed by atoms with Gasteiger partial charge in [0.05, 0.1) is 23.1 Å². The van der Waals surface area contributed by atoms with E-state index in [1.807, 2.05) is 0 Å². The van der Waals surface area contributed by atoms with Crippen molar-refractivity contribution in [1.82, 2.24) is 0 Å². The lowest BCUT2D eigenvalue weighted by atomic mass is 10.2. The van der Waals surface area contributed by atoms with Gasteiger partial charge in [-0.05, 0) is 31.9 Å². The van der Waals surface area contributed by atoms with Gasteiger partial charge in [0, 0.05) is 6.42 Å². The number of nitrogens with zero attached hydrogens (tertiary/aromatic N) is 2. The molecule has 10 heteroatoms. The highest BCUT2D eigenvalue weighted by Gasteiger charge is 2.38. The number of rotatable bonds is 2. The summed E-state index contributed by atoms with van der Waals surface area (Å²) in [7, 11) is 0. The third kappa shape index (κ3) is 2.37. The highest BCUT2D eigenvalue weighted by Crippen LogP contribution is 2.53. The van der Waals surface area contributed by atoms with Crippen molar-refractivity contribution in [3.05, 3.63) is 29.2 Å². The van der Waals surface area contributed by atoms with Gasteiger partial charge in [-0.25, -0.2) is 0 Å². The van der Waals surface area contributed by atoms with Crippen molar-refractivity contribution in [3.8, 4) is 11.5 Å². The molecule has 0 aromatic heterocycles. The molecule has 0 aliphatic carbocycles. The van der Waals surface area contributed by atoms with Crippen LogP contribution in [0.15, 0.2) is 8.95 Å². The molecular formula is C9H6Br2N2O6. The van der Waals surface area contributed by atoms with E-state index in [4.69, 9.17) is 9.47 Å². The Balaban J connectivity index is 2.83. The first-order valence-corrected chi connectivity index (χ1v) is 6.63. The van der Waals surface area contributed by atoms with E-state index >= 15 is 0 Å². The summed E-state index contributed by atoms with van der Waals surface area (Å²) < 4.78 is 10.4. The Bertz CT molecular complexity index is 528. The smallest absolute Gasteiger partial charge is 0.330 e. The van der Waals surface area contributed by atoms with Gasteiger partial charge < -0.3 is 9.47 Å². The predicted molar refractivity (Wildman–Crippen MR) is 70.8 cm³/mol. The average Bonchev–Trinajstić information content (AvgIpc) is 2.55. The van der Waals surface area contributed by atoms with Crippen molar-refractivity contribution < 1.29 is 19.3 Å². The molecule has 0 bridgehead atoms. The van der Waals surface area contributed by atoms with E-state index in [0.717, 1.165) is 0 Å². The normalized spacial score (nSPS) is 13.8. The molecule has 0 radical (unpaired) electrons. The fraction of sp³-hybridized carbons (Fsp3) is 0.333. The summed E-state index contributed by atoms with van der Waals surface area (Å²) in [6, 6.07) is 0. The zero-order valence-corrected chi connectivity index (χ0v) is 12.4. The summed E-state index contributed by atoms with van der Waals surface area (Å²) in [5.41, 5.74) is -0.788. The molecule has 0 N–H and O–H groups in total. The van der Waals surface area contributed by atoms with Gasteiger partial charge in [-0.2, -0.15) is 0 Å². The summed E-state index contributed by atoms with van der Waals surface area (Å²) in [6.07, 6.45) is 0.484. The molecule has 0 saturated carbocycles. The van der Waals surface area contributed by atoms with Crippen LogP contribution in [0.1, 0.15) is 6.42 Å². The Kier molecular flexibility index (Phi) is 3.90. The molecule has 8 nitrogen and oxygen atoms in total. The van der Waals surface area contributed by atoms with Gasteiger partial charge in [0.2, 0.25) is 11.5 Å². The SMILES string of the molecule is O=[N+]([O-])c1c(Br)c(Br)c([N+](=O)[O-])c2c1OCCCO2. The molecule has 1 aliphatic heterocycles. The standard InChI is InChI=1S/C9H6Br2N2O6/c10-4-5(11)7(13(16)17)9-8(6(4)12(14)15)18-2-1-3-19-9/h1-3H2. The maximum Gasteiger partial charge on any atom is 0.330 e. The first-order valence-electron chi connectivity index (χ1n) is 5.04. The second-order valence-electron chi connectivity index (χ2n) is 3.55. The Hall–Kier alpha value is -1.42. The van der Waals surface area contributed by atoms with Crippen molar-refractivity contribution in [2.75, 3.05) is 13.2 Å². The van der Waals surface area contributed by atoms with Crippen molar-refractivity contribution in [1.29, 1.82) is 0 Å². The van der Waals surface area contributed by atoms with Crippen LogP contribution in [-0.2, 0) is 0 Å². The van der Waals surface area contributed by atoms with Gasteiger partial charge in [-0.3, -0.25) is 20.2 Å². The Labute approximate surface area is 123 Å². The molecule has 0 atom stereocenters. The van der Waals surface area contributed by atoms with E-state index in [1.54, 1.807) is 0 Å². The summed E-state index contributed by atoms with van der Waals surface area (Å²) in [5.74, 6) is -0.437. The number of ether oxygens (including phenoxy) is 2. The fourth-order valence-electron chi connectivity index (χ4n) is 1.62. The molecule has 1 aromatic carbocycles. The van der Waals surface area contributed by atoms with Crippen molar-refractivity contribution in [2.24, 2.45) is 0 Å². The van der Waals surface area contributed by atoms with Gasteiger partial charge in [-0.1, -0.05) is 0 Å². The van der Waals surface area contributed by atoms with E-state index in [1.165, 1.54) is 0 Å². The van der Waals surface area contributed by atoms with Crippen LogP contribution in [-0.4, -0.2) is 23.1 Å². The summed E-state index contributed by atoms with van der Waals surface area (Å²) in [4.78, 5) is 20.8. The number of nitro groups is 2. The number of halogens is 2. The molecule has 0 spiro atoms. The number of hydrogen-bond acceptors (Lipinski definition) is 6. The topological polar surface area (TPSA) is 105 Å². The zero-order valence-electron chi connectivity index (χ0n) is 9.22. The zero-order chi connectivity index (χ0) is 14.2. The van der Waals surface area contributed by atoms with Crippen molar-refractivity contribution >= 4 is 43.2 Å². The van der Waals surface area contributed by atoms with Crippen molar-refractivity contribution in [2.45, 2.75) is 6.42 Å². The summed E-state index contributed by atoms with van der Waals surface area (Å²) in [5, 5.41) is 22.2.